The third-order valence-corrected chi connectivity index (χ3v) is 3.17. The van der Waals surface area contributed by atoms with Gasteiger partial charge in [-0.15, -0.1) is 10.2 Å². The second-order valence-electron chi connectivity index (χ2n) is 4.76. The zero-order chi connectivity index (χ0) is 17.1. The second-order valence-corrected chi connectivity index (χ2v) is 4.76. The van der Waals surface area contributed by atoms with Gasteiger partial charge in [-0.1, -0.05) is 24.3 Å². The Balaban J connectivity index is 1.97. The first-order chi connectivity index (χ1) is 11.6. The number of nitrogens with one attached hydrogen (secondary N) is 1. The molecule has 0 aliphatic carbocycles. The van der Waals surface area contributed by atoms with E-state index < -0.39 is 16.4 Å². The van der Waals surface area contributed by atoms with Crippen molar-refractivity contribution in [1.29, 1.82) is 0 Å². The van der Waals surface area contributed by atoms with E-state index in [1.54, 1.807) is 30.3 Å². The molecule has 0 saturated heterocycles. The standard InChI is InChI=1S/C15H11N5O4/c21-14-13(15(22)19(18-14)11-6-2-1-3-7-11)17-16-10-5-4-8-12(9-10)20(23)24/h1-9,22H,(H,18,21). The predicted octanol–water partition coefficient (Wildman–Crippen LogP) is 3.19. The summed E-state index contributed by atoms with van der Waals surface area (Å²) in [5.41, 5.74) is -0.332. The zero-order valence-electron chi connectivity index (χ0n) is 12.2. The van der Waals surface area contributed by atoms with Gasteiger partial charge in [-0.2, -0.15) is 0 Å². The van der Waals surface area contributed by atoms with Crippen molar-refractivity contribution in [3.05, 3.63) is 75.1 Å². The number of azo groups is 1. The molecule has 9 nitrogen and oxygen atoms in total. The zero-order valence-corrected chi connectivity index (χ0v) is 12.2. The minimum atomic E-state index is -0.634. The van der Waals surface area contributed by atoms with Gasteiger partial charge in [0.15, 0.2) is 0 Å². The van der Waals surface area contributed by atoms with Crippen molar-refractivity contribution >= 4 is 17.1 Å². The molecular formula is C15H11N5O4. The number of aromatic amines is 1. The molecule has 9 heteroatoms. The number of non-ortho nitro benzene ring substituents is 1. The van der Waals surface area contributed by atoms with Gasteiger partial charge >= 0.3 is 0 Å². The van der Waals surface area contributed by atoms with Gasteiger partial charge in [0.25, 0.3) is 11.2 Å². The first-order valence-electron chi connectivity index (χ1n) is 6.82. The summed E-state index contributed by atoms with van der Waals surface area (Å²) in [5, 5.41) is 30.8. The Kier molecular flexibility index (Phi) is 3.89. The van der Waals surface area contributed by atoms with Crippen molar-refractivity contribution < 1.29 is 10.0 Å². The van der Waals surface area contributed by atoms with E-state index in [1.165, 1.54) is 28.9 Å². The van der Waals surface area contributed by atoms with E-state index >= 15 is 0 Å². The molecule has 0 amide bonds. The van der Waals surface area contributed by atoms with Crippen LogP contribution in [-0.4, -0.2) is 19.8 Å². The highest BCUT2D eigenvalue weighted by Crippen LogP contribution is 2.27. The summed E-state index contributed by atoms with van der Waals surface area (Å²) in [5.74, 6) is -0.402. The Labute approximate surface area is 134 Å². The number of H-pyrrole nitrogens is 1. The normalized spacial score (nSPS) is 11.0. The van der Waals surface area contributed by atoms with Crippen LogP contribution in [0.4, 0.5) is 17.1 Å². The Morgan fingerprint density at radius 3 is 2.54 bits per heavy atom. The number of aromatic nitrogens is 2. The van der Waals surface area contributed by atoms with Crippen LogP contribution in [0.15, 0.2) is 69.6 Å². The minimum Gasteiger partial charge on any atom is -0.492 e. The second kappa shape index (κ2) is 6.16. The lowest BCUT2D eigenvalue weighted by Crippen LogP contribution is -2.03. The third kappa shape index (κ3) is 2.90. The van der Waals surface area contributed by atoms with E-state index in [0.717, 1.165) is 0 Å². The molecule has 1 heterocycles. The van der Waals surface area contributed by atoms with E-state index in [9.17, 15) is 20.0 Å². The molecule has 2 N–H and O–H groups in total. The summed E-state index contributed by atoms with van der Waals surface area (Å²) in [4.78, 5) is 22.1. The van der Waals surface area contributed by atoms with Crippen LogP contribution in [0.1, 0.15) is 0 Å². The maximum Gasteiger partial charge on any atom is 0.296 e. The first kappa shape index (κ1) is 15.2. The molecule has 1 aromatic heterocycles. The van der Waals surface area contributed by atoms with Gasteiger partial charge in [-0.25, -0.2) is 4.68 Å². The molecule has 0 radical (unpaired) electrons. The third-order valence-electron chi connectivity index (χ3n) is 3.17. The van der Waals surface area contributed by atoms with Crippen LogP contribution >= 0.6 is 0 Å². The van der Waals surface area contributed by atoms with Gasteiger partial charge in [0.05, 0.1) is 16.3 Å². The van der Waals surface area contributed by atoms with Crippen molar-refractivity contribution in [2.24, 2.45) is 10.2 Å². The van der Waals surface area contributed by atoms with Crippen molar-refractivity contribution in [3.63, 3.8) is 0 Å². The fourth-order valence-corrected chi connectivity index (χ4v) is 2.05. The van der Waals surface area contributed by atoms with Gasteiger partial charge in [0, 0.05) is 12.1 Å². The number of nitro groups is 1. The van der Waals surface area contributed by atoms with E-state index in [0.29, 0.717) is 5.69 Å². The smallest absolute Gasteiger partial charge is 0.296 e. The number of hydrogen-bond acceptors (Lipinski definition) is 6. The van der Waals surface area contributed by atoms with Crippen LogP contribution in [-0.2, 0) is 0 Å². The highest BCUT2D eigenvalue weighted by Gasteiger charge is 2.15. The summed E-state index contributed by atoms with van der Waals surface area (Å²) in [7, 11) is 0. The van der Waals surface area contributed by atoms with Gasteiger partial charge < -0.3 is 5.11 Å². The first-order valence-corrected chi connectivity index (χ1v) is 6.82. The van der Waals surface area contributed by atoms with Crippen LogP contribution in [0, 0.1) is 10.1 Å². The Morgan fingerprint density at radius 2 is 1.83 bits per heavy atom. The van der Waals surface area contributed by atoms with Crippen molar-refractivity contribution in [2.75, 3.05) is 0 Å². The van der Waals surface area contributed by atoms with E-state index in [4.69, 9.17) is 0 Å². The molecule has 0 bridgehead atoms. The number of nitro benzene ring substituents is 1. The summed E-state index contributed by atoms with van der Waals surface area (Å²) < 4.78 is 1.17. The topological polar surface area (TPSA) is 126 Å². The van der Waals surface area contributed by atoms with Crippen LogP contribution in [0.5, 0.6) is 5.88 Å². The number of aromatic hydroxyl groups is 1. The Hall–Kier alpha value is -3.75. The molecule has 0 saturated carbocycles. The van der Waals surface area contributed by atoms with Gasteiger partial charge in [-0.3, -0.25) is 20.0 Å². The lowest BCUT2D eigenvalue weighted by Gasteiger charge is -2.02. The molecule has 3 rings (SSSR count). The SMILES string of the molecule is O=c1[nH]n(-c2ccccc2)c(O)c1N=Nc1cccc([N+](=O)[O-])c1. The molecule has 3 aromatic rings. The maximum absolute atomic E-state index is 11.9. The van der Waals surface area contributed by atoms with Crippen molar-refractivity contribution in [2.45, 2.75) is 0 Å². The van der Waals surface area contributed by atoms with Gasteiger partial charge in [0.1, 0.15) is 0 Å². The largest absolute Gasteiger partial charge is 0.492 e. The molecule has 120 valence electrons. The van der Waals surface area contributed by atoms with Crippen LogP contribution in [0.2, 0.25) is 0 Å². The average Bonchev–Trinajstić information content (AvgIpc) is 2.88. The average molecular weight is 325 g/mol. The van der Waals surface area contributed by atoms with Crippen LogP contribution < -0.4 is 5.56 Å². The quantitative estimate of drug-likeness (QED) is 0.434. The molecule has 0 spiro atoms. The summed E-state index contributed by atoms with van der Waals surface area (Å²) in [6.45, 7) is 0. The molecular weight excluding hydrogens is 314 g/mol. The number of benzene rings is 2. The van der Waals surface area contributed by atoms with E-state index in [-0.39, 0.29) is 17.1 Å². The summed E-state index contributed by atoms with van der Waals surface area (Å²) in [6.07, 6.45) is 0. The number of rotatable bonds is 4. The Bertz CT molecular complexity index is 975. The molecule has 2 aromatic carbocycles. The number of nitrogens with zero attached hydrogens (tertiary/aromatic N) is 4. The molecule has 24 heavy (non-hydrogen) atoms. The molecule has 0 aliphatic rings. The van der Waals surface area contributed by atoms with Crippen molar-refractivity contribution in [3.8, 4) is 11.6 Å². The molecule has 0 atom stereocenters. The fourth-order valence-electron chi connectivity index (χ4n) is 2.05. The van der Waals surface area contributed by atoms with Crippen LogP contribution in [0.3, 0.4) is 0 Å². The predicted molar refractivity (Wildman–Crippen MR) is 85.3 cm³/mol. The van der Waals surface area contributed by atoms with Gasteiger partial charge in [0.2, 0.25) is 11.6 Å². The fraction of sp³-hybridized carbons (Fsp3) is 0. The summed E-state index contributed by atoms with van der Waals surface area (Å²) >= 11 is 0. The number of para-hydroxylation sites is 1. The lowest BCUT2D eigenvalue weighted by molar-refractivity contribution is -0.384. The molecule has 0 fully saturated rings. The van der Waals surface area contributed by atoms with E-state index in [2.05, 4.69) is 15.3 Å². The van der Waals surface area contributed by atoms with Crippen molar-refractivity contribution in [1.82, 2.24) is 9.78 Å². The highest BCUT2D eigenvalue weighted by atomic mass is 16.6. The molecule has 0 unspecified atom stereocenters. The Morgan fingerprint density at radius 1 is 1.08 bits per heavy atom. The highest BCUT2D eigenvalue weighted by molar-refractivity contribution is 5.51. The van der Waals surface area contributed by atoms with E-state index in [1.807, 2.05) is 0 Å². The minimum absolute atomic E-state index is 0.147. The van der Waals surface area contributed by atoms with Crippen LogP contribution in [0.25, 0.3) is 5.69 Å². The molecule has 0 aliphatic heterocycles. The van der Waals surface area contributed by atoms with Gasteiger partial charge in [-0.05, 0) is 18.2 Å². The number of hydrogen-bond donors (Lipinski definition) is 2. The lowest BCUT2D eigenvalue weighted by atomic mass is 10.3. The maximum atomic E-state index is 11.9. The summed E-state index contributed by atoms with van der Waals surface area (Å²) in [6, 6.07) is 14.1. The monoisotopic (exact) mass is 325 g/mol.